The molecule has 1 N–H and O–H groups in total. The molecule has 0 aliphatic carbocycles. The first-order valence-electron chi connectivity index (χ1n) is 10.5. The lowest BCUT2D eigenvalue weighted by molar-refractivity contribution is -0.143. The molecule has 0 unspecified atom stereocenters. The van der Waals surface area contributed by atoms with E-state index in [1.54, 1.807) is 6.92 Å². The van der Waals surface area contributed by atoms with Gasteiger partial charge in [0.2, 0.25) is 5.91 Å². The Hall–Kier alpha value is -2.92. The number of benzene rings is 2. The fraction of sp³-hybridized carbons (Fsp3) is 0.435. The third-order valence-corrected chi connectivity index (χ3v) is 5.88. The maximum atomic E-state index is 13.3. The third kappa shape index (κ3) is 6.02. The van der Waals surface area contributed by atoms with E-state index < -0.39 is 59.3 Å². The number of hydrogen-bond donors (Lipinski definition) is 1. The average Bonchev–Trinajstić information content (AvgIpc) is 2.74. The topological polar surface area (TPSA) is 32.3 Å². The predicted molar refractivity (Wildman–Crippen MR) is 109 cm³/mol. The van der Waals surface area contributed by atoms with Crippen LogP contribution < -0.4 is 5.32 Å². The number of carbonyl (C=O) groups is 1. The first-order chi connectivity index (χ1) is 16.0. The molecular formula is C23H21F9N2O. The van der Waals surface area contributed by atoms with Crippen molar-refractivity contribution >= 4 is 11.6 Å². The summed E-state index contributed by atoms with van der Waals surface area (Å²) in [5, 5.41) is 3.07. The molecule has 0 saturated carbocycles. The Bertz CT molecular complexity index is 1060. The van der Waals surface area contributed by atoms with Gasteiger partial charge in [-0.1, -0.05) is 6.92 Å². The number of halogens is 9. The zero-order chi connectivity index (χ0) is 26.3. The number of fused-ring (bicyclic) bond motifs is 1. The van der Waals surface area contributed by atoms with Gasteiger partial charge < -0.3 is 10.2 Å². The predicted octanol–water partition coefficient (Wildman–Crippen LogP) is 7.43. The van der Waals surface area contributed by atoms with E-state index in [2.05, 4.69) is 5.32 Å². The van der Waals surface area contributed by atoms with E-state index in [0.29, 0.717) is 24.2 Å². The molecule has 1 amide bonds. The lowest BCUT2D eigenvalue weighted by Crippen LogP contribution is -2.39. The summed E-state index contributed by atoms with van der Waals surface area (Å²) >= 11 is 0. The fourth-order valence-corrected chi connectivity index (χ4v) is 4.13. The van der Waals surface area contributed by atoms with Crippen molar-refractivity contribution in [2.24, 2.45) is 0 Å². The van der Waals surface area contributed by atoms with Crippen LogP contribution in [-0.2, 0) is 29.9 Å². The van der Waals surface area contributed by atoms with Crippen molar-refractivity contribution in [2.75, 3.05) is 5.32 Å². The van der Waals surface area contributed by atoms with Crippen molar-refractivity contribution in [1.29, 1.82) is 0 Å². The lowest BCUT2D eigenvalue weighted by Gasteiger charge is -2.40. The average molecular weight is 512 g/mol. The Kier molecular flexibility index (Phi) is 7.07. The van der Waals surface area contributed by atoms with Crippen molar-refractivity contribution in [1.82, 2.24) is 4.90 Å². The summed E-state index contributed by atoms with van der Waals surface area (Å²) in [4.78, 5) is 13.5. The molecule has 0 radical (unpaired) electrons. The second-order valence-corrected chi connectivity index (χ2v) is 8.36. The van der Waals surface area contributed by atoms with E-state index in [0.717, 1.165) is 24.0 Å². The van der Waals surface area contributed by atoms with E-state index in [1.807, 2.05) is 0 Å². The molecule has 2 aromatic rings. The molecule has 35 heavy (non-hydrogen) atoms. The van der Waals surface area contributed by atoms with Crippen LogP contribution in [0, 0.1) is 0 Å². The summed E-state index contributed by atoms with van der Waals surface area (Å²) in [7, 11) is 0. The molecular weight excluding hydrogens is 491 g/mol. The van der Waals surface area contributed by atoms with Crippen LogP contribution in [-0.4, -0.2) is 16.8 Å². The highest BCUT2D eigenvalue weighted by Crippen LogP contribution is 2.42. The Morgan fingerprint density at radius 1 is 0.886 bits per heavy atom. The van der Waals surface area contributed by atoms with Crippen molar-refractivity contribution in [3.8, 4) is 0 Å². The first kappa shape index (κ1) is 26.7. The highest BCUT2D eigenvalue weighted by molar-refractivity contribution is 5.75. The molecule has 0 aromatic heterocycles. The van der Waals surface area contributed by atoms with Gasteiger partial charge in [0.25, 0.3) is 0 Å². The number of rotatable bonds is 4. The Labute approximate surface area is 194 Å². The number of amides is 1. The maximum absolute atomic E-state index is 13.3. The summed E-state index contributed by atoms with van der Waals surface area (Å²) in [6.45, 7) is 2.21. The molecule has 2 atom stereocenters. The summed E-state index contributed by atoms with van der Waals surface area (Å²) in [6.07, 6.45) is -14.2. The largest absolute Gasteiger partial charge is 0.416 e. The van der Waals surface area contributed by atoms with Crippen LogP contribution in [0.25, 0.3) is 0 Å². The van der Waals surface area contributed by atoms with Crippen molar-refractivity contribution in [2.45, 2.75) is 63.8 Å². The minimum atomic E-state index is -5.08. The molecule has 0 saturated heterocycles. The van der Waals surface area contributed by atoms with Crippen molar-refractivity contribution < 1.29 is 44.3 Å². The van der Waals surface area contributed by atoms with Gasteiger partial charge in [0.05, 0.1) is 22.7 Å². The number of carbonyl (C=O) groups excluding carboxylic acids is 1. The zero-order valence-electron chi connectivity index (χ0n) is 18.5. The minimum Gasteiger partial charge on any atom is -0.382 e. The summed E-state index contributed by atoms with van der Waals surface area (Å²) < 4.78 is 120. The van der Waals surface area contributed by atoms with Crippen LogP contribution in [0.5, 0.6) is 0 Å². The summed E-state index contributed by atoms with van der Waals surface area (Å²) in [6, 6.07) is 2.64. The monoisotopic (exact) mass is 512 g/mol. The fourth-order valence-electron chi connectivity index (χ4n) is 4.13. The van der Waals surface area contributed by atoms with Gasteiger partial charge >= 0.3 is 18.5 Å². The van der Waals surface area contributed by atoms with E-state index in [9.17, 15) is 44.3 Å². The van der Waals surface area contributed by atoms with Crippen LogP contribution in [0.3, 0.4) is 0 Å². The van der Waals surface area contributed by atoms with E-state index >= 15 is 0 Å². The standard InChI is InChI=1S/C23H21F9N2O/c1-3-17-10-20(18-9-14(21(24,25)26)4-5-19(18)33-17)34(12(2)35)11-13-6-15(22(27,28)29)8-16(7-13)23(30,31)32/h4-9,17,20,33H,3,10-11H2,1-2H3/t17-,20+/m1/s1. The van der Waals surface area contributed by atoms with Gasteiger partial charge in [-0.25, -0.2) is 0 Å². The number of nitrogens with zero attached hydrogens (tertiary/aromatic N) is 1. The van der Waals surface area contributed by atoms with Gasteiger partial charge in [-0.2, -0.15) is 39.5 Å². The molecule has 1 heterocycles. The third-order valence-electron chi connectivity index (χ3n) is 5.88. The van der Waals surface area contributed by atoms with Crippen LogP contribution in [0.15, 0.2) is 36.4 Å². The number of alkyl halides is 9. The highest BCUT2D eigenvalue weighted by atomic mass is 19.4. The van der Waals surface area contributed by atoms with Crippen LogP contribution in [0.1, 0.15) is 60.5 Å². The molecule has 1 aliphatic heterocycles. The lowest BCUT2D eigenvalue weighted by atomic mass is 9.89. The first-order valence-corrected chi connectivity index (χ1v) is 10.5. The number of anilines is 1. The second-order valence-electron chi connectivity index (χ2n) is 8.36. The number of nitrogens with one attached hydrogen (secondary N) is 1. The van der Waals surface area contributed by atoms with E-state index in [1.165, 1.54) is 6.07 Å². The molecule has 3 rings (SSSR count). The van der Waals surface area contributed by atoms with Crippen LogP contribution in [0.4, 0.5) is 45.2 Å². The molecule has 192 valence electrons. The molecule has 0 spiro atoms. The van der Waals surface area contributed by atoms with Gasteiger partial charge in [0.1, 0.15) is 0 Å². The van der Waals surface area contributed by atoms with Gasteiger partial charge in [-0.15, -0.1) is 0 Å². The zero-order valence-corrected chi connectivity index (χ0v) is 18.5. The molecule has 0 bridgehead atoms. The molecule has 1 aliphatic rings. The van der Waals surface area contributed by atoms with E-state index in [4.69, 9.17) is 0 Å². The quantitative estimate of drug-likeness (QED) is 0.433. The van der Waals surface area contributed by atoms with E-state index in [-0.39, 0.29) is 24.1 Å². The minimum absolute atomic E-state index is 0.0237. The molecule has 0 fully saturated rings. The Morgan fingerprint density at radius 3 is 1.89 bits per heavy atom. The van der Waals surface area contributed by atoms with Gasteiger partial charge in [-0.3, -0.25) is 4.79 Å². The summed E-state index contributed by atoms with van der Waals surface area (Å²) in [5.74, 6) is -0.707. The van der Waals surface area contributed by atoms with Crippen LogP contribution >= 0.6 is 0 Å². The van der Waals surface area contributed by atoms with Crippen molar-refractivity contribution in [3.05, 3.63) is 64.2 Å². The SMILES string of the molecule is CC[C@@H]1C[C@H](N(Cc2cc(C(F)(F)F)cc(C(F)(F)F)c2)C(C)=O)c2cc(C(F)(F)F)ccc2N1. The summed E-state index contributed by atoms with van der Waals surface area (Å²) in [5.41, 5.74) is -4.11. The van der Waals surface area contributed by atoms with Crippen molar-refractivity contribution in [3.63, 3.8) is 0 Å². The molecule has 2 aromatic carbocycles. The number of hydrogen-bond acceptors (Lipinski definition) is 2. The van der Waals surface area contributed by atoms with Crippen LogP contribution in [0.2, 0.25) is 0 Å². The Balaban J connectivity index is 2.10. The highest BCUT2D eigenvalue weighted by Gasteiger charge is 2.39. The van der Waals surface area contributed by atoms with Gasteiger partial charge in [0, 0.05) is 25.2 Å². The molecule has 3 nitrogen and oxygen atoms in total. The van der Waals surface area contributed by atoms with Gasteiger partial charge in [0.15, 0.2) is 0 Å². The smallest absolute Gasteiger partial charge is 0.382 e. The van der Waals surface area contributed by atoms with Gasteiger partial charge in [-0.05, 0) is 60.4 Å². The second kappa shape index (κ2) is 9.27. The molecule has 12 heteroatoms. The maximum Gasteiger partial charge on any atom is 0.416 e. The Morgan fingerprint density at radius 2 is 1.43 bits per heavy atom. The normalized spacial score (nSPS) is 18.6.